The van der Waals surface area contributed by atoms with Crippen LogP contribution in [0, 0.1) is 0 Å². The number of nitrogens with one attached hydrogen (secondary N) is 2. The fourth-order valence-electron chi connectivity index (χ4n) is 2.26. The number of urea groups is 1. The number of amides is 2. The highest BCUT2D eigenvalue weighted by Gasteiger charge is 2.30. The highest BCUT2D eigenvalue weighted by molar-refractivity contribution is 7.10. The van der Waals surface area contributed by atoms with Crippen LogP contribution >= 0.6 is 11.3 Å². The van der Waals surface area contributed by atoms with Crippen molar-refractivity contribution in [3.63, 3.8) is 0 Å². The van der Waals surface area contributed by atoms with Crippen molar-refractivity contribution in [2.24, 2.45) is 0 Å². The smallest absolute Gasteiger partial charge is 0.406 e. The minimum atomic E-state index is -4.72. The molecule has 2 amide bonds. The predicted octanol–water partition coefficient (Wildman–Crippen LogP) is 3.75. The largest absolute Gasteiger partial charge is 0.573 e. The van der Waals surface area contributed by atoms with Gasteiger partial charge in [-0.2, -0.15) is 0 Å². The molecule has 0 aliphatic heterocycles. The van der Waals surface area contributed by atoms with Gasteiger partial charge in [-0.1, -0.05) is 18.2 Å². The first-order valence-corrected chi connectivity index (χ1v) is 8.69. The van der Waals surface area contributed by atoms with E-state index in [9.17, 15) is 18.0 Å². The van der Waals surface area contributed by atoms with Crippen LogP contribution in [0.2, 0.25) is 0 Å². The van der Waals surface area contributed by atoms with Gasteiger partial charge in [-0.05, 0) is 43.2 Å². The number of carbonyl (C=O) groups excluding carboxylic acids is 1. The van der Waals surface area contributed by atoms with Gasteiger partial charge in [-0.3, -0.25) is 0 Å². The Morgan fingerprint density at radius 3 is 2.42 bits per heavy atom. The van der Waals surface area contributed by atoms with Crippen LogP contribution in [0.25, 0.3) is 0 Å². The summed E-state index contributed by atoms with van der Waals surface area (Å²) in [6.07, 6.45) is -4.72. The van der Waals surface area contributed by atoms with E-state index >= 15 is 0 Å². The monoisotopic (exact) mass is 387 g/mol. The molecule has 0 bridgehead atoms. The number of hydrogen-bond donors (Lipinski definition) is 2. The molecule has 1 aromatic heterocycles. The molecule has 2 N–H and O–H groups in total. The number of ether oxygens (including phenoxy) is 1. The maximum atomic E-state index is 12.1. The molecule has 26 heavy (non-hydrogen) atoms. The number of halogens is 3. The number of thiophene rings is 1. The summed E-state index contributed by atoms with van der Waals surface area (Å²) in [6, 6.07) is 9.05. The number of hydrogen-bond acceptors (Lipinski definition) is 4. The summed E-state index contributed by atoms with van der Waals surface area (Å²) in [4.78, 5) is 15.1. The zero-order valence-electron chi connectivity index (χ0n) is 14.3. The summed E-state index contributed by atoms with van der Waals surface area (Å²) in [5.74, 6) is -0.296. The second-order valence-electron chi connectivity index (χ2n) is 5.75. The molecule has 142 valence electrons. The van der Waals surface area contributed by atoms with E-state index in [0.717, 1.165) is 4.88 Å². The fourth-order valence-corrected chi connectivity index (χ4v) is 3.18. The molecule has 2 aromatic rings. The van der Waals surface area contributed by atoms with Crippen molar-refractivity contribution in [2.75, 3.05) is 20.6 Å². The Labute approximate surface area is 153 Å². The molecule has 0 saturated carbocycles. The van der Waals surface area contributed by atoms with E-state index < -0.39 is 6.36 Å². The molecule has 0 radical (unpaired) electrons. The zero-order chi connectivity index (χ0) is 19.2. The molecule has 2 rings (SSSR count). The number of likely N-dealkylation sites (N-methyl/N-ethyl adjacent to an activating group) is 1. The Bertz CT molecular complexity index is 688. The third kappa shape index (κ3) is 6.57. The number of rotatable bonds is 7. The SMILES string of the molecule is CN(C)[C@H](CNC(=O)NCc1ccc(OC(F)(F)F)cc1)c1cccs1. The van der Waals surface area contributed by atoms with Gasteiger partial charge in [0.1, 0.15) is 5.75 Å². The topological polar surface area (TPSA) is 53.6 Å². The maximum Gasteiger partial charge on any atom is 0.573 e. The minimum Gasteiger partial charge on any atom is -0.406 e. The quantitative estimate of drug-likeness (QED) is 0.761. The number of benzene rings is 1. The molecule has 0 unspecified atom stereocenters. The third-order valence-electron chi connectivity index (χ3n) is 3.56. The molecule has 0 fully saturated rings. The molecule has 1 aromatic carbocycles. The van der Waals surface area contributed by atoms with Gasteiger partial charge in [-0.15, -0.1) is 24.5 Å². The lowest BCUT2D eigenvalue weighted by atomic mass is 10.2. The number of carbonyl (C=O) groups is 1. The average Bonchev–Trinajstić information content (AvgIpc) is 3.07. The normalized spacial score (nSPS) is 12.7. The van der Waals surface area contributed by atoms with E-state index in [1.807, 2.05) is 36.5 Å². The first-order valence-electron chi connectivity index (χ1n) is 7.81. The van der Waals surface area contributed by atoms with Crippen molar-refractivity contribution < 1.29 is 22.7 Å². The summed E-state index contributed by atoms with van der Waals surface area (Å²) in [5, 5.41) is 7.47. The number of nitrogens with zero attached hydrogens (tertiary/aromatic N) is 1. The first-order chi connectivity index (χ1) is 12.2. The zero-order valence-corrected chi connectivity index (χ0v) is 15.2. The third-order valence-corrected chi connectivity index (χ3v) is 4.53. The van der Waals surface area contributed by atoms with Gasteiger partial charge >= 0.3 is 12.4 Å². The second kappa shape index (κ2) is 8.91. The van der Waals surface area contributed by atoms with Crippen molar-refractivity contribution >= 4 is 17.4 Å². The van der Waals surface area contributed by atoms with Crippen molar-refractivity contribution in [2.45, 2.75) is 18.9 Å². The van der Waals surface area contributed by atoms with Crippen LogP contribution in [0.3, 0.4) is 0 Å². The van der Waals surface area contributed by atoms with Gasteiger partial charge < -0.3 is 20.3 Å². The molecule has 5 nitrogen and oxygen atoms in total. The van der Waals surface area contributed by atoms with Gasteiger partial charge in [0.15, 0.2) is 0 Å². The minimum absolute atomic E-state index is 0.0690. The molecule has 1 atom stereocenters. The van der Waals surface area contributed by atoms with E-state index in [0.29, 0.717) is 12.1 Å². The van der Waals surface area contributed by atoms with Gasteiger partial charge in [0.2, 0.25) is 0 Å². The molecule has 0 spiro atoms. The molecule has 1 heterocycles. The van der Waals surface area contributed by atoms with Gasteiger partial charge in [0.05, 0.1) is 6.04 Å². The standard InChI is InChI=1S/C17H20F3N3O2S/c1-23(2)14(15-4-3-9-26-15)11-22-16(24)21-10-12-5-7-13(8-6-12)25-17(18,19)20/h3-9,14H,10-11H2,1-2H3,(H2,21,22,24)/t14-/m1/s1. The Kier molecular flexibility index (Phi) is 6.87. The summed E-state index contributed by atoms with van der Waals surface area (Å²) in [5.41, 5.74) is 0.664. The van der Waals surface area contributed by atoms with Crippen molar-refractivity contribution in [3.8, 4) is 5.75 Å². The Hall–Kier alpha value is -2.26. The van der Waals surface area contributed by atoms with E-state index in [1.54, 1.807) is 11.3 Å². The predicted molar refractivity (Wildman–Crippen MR) is 94.1 cm³/mol. The molecule has 0 aliphatic carbocycles. The summed E-state index contributed by atoms with van der Waals surface area (Å²) >= 11 is 1.62. The summed E-state index contributed by atoms with van der Waals surface area (Å²) < 4.78 is 40.1. The van der Waals surface area contributed by atoms with Crippen LogP contribution in [0.1, 0.15) is 16.5 Å². The highest BCUT2D eigenvalue weighted by Crippen LogP contribution is 2.23. The van der Waals surface area contributed by atoms with Crippen molar-refractivity contribution in [1.82, 2.24) is 15.5 Å². The van der Waals surface area contributed by atoms with Gasteiger partial charge in [-0.25, -0.2) is 4.79 Å². The van der Waals surface area contributed by atoms with Crippen LogP contribution in [-0.2, 0) is 6.54 Å². The first kappa shape index (κ1) is 20.1. The lowest BCUT2D eigenvalue weighted by Gasteiger charge is -2.23. The maximum absolute atomic E-state index is 12.1. The number of alkyl halides is 3. The molecule has 0 aliphatic rings. The van der Waals surface area contributed by atoms with E-state index in [2.05, 4.69) is 15.4 Å². The van der Waals surface area contributed by atoms with E-state index in [1.165, 1.54) is 24.3 Å². The Morgan fingerprint density at radius 1 is 1.19 bits per heavy atom. The van der Waals surface area contributed by atoms with Gasteiger partial charge in [0.25, 0.3) is 0 Å². The van der Waals surface area contributed by atoms with Crippen LogP contribution in [0.15, 0.2) is 41.8 Å². The molecular weight excluding hydrogens is 367 g/mol. The van der Waals surface area contributed by atoms with Crippen LogP contribution in [0.4, 0.5) is 18.0 Å². The molecule has 9 heteroatoms. The van der Waals surface area contributed by atoms with Crippen molar-refractivity contribution in [3.05, 3.63) is 52.2 Å². The fraction of sp³-hybridized carbons (Fsp3) is 0.353. The Morgan fingerprint density at radius 2 is 1.88 bits per heavy atom. The molecular formula is C17H20F3N3O2S. The lowest BCUT2D eigenvalue weighted by molar-refractivity contribution is -0.274. The second-order valence-corrected chi connectivity index (χ2v) is 6.73. The lowest BCUT2D eigenvalue weighted by Crippen LogP contribution is -2.40. The highest BCUT2D eigenvalue weighted by atomic mass is 32.1. The average molecular weight is 387 g/mol. The summed E-state index contributed by atoms with van der Waals surface area (Å²) in [7, 11) is 3.88. The Balaban J connectivity index is 1.79. The van der Waals surface area contributed by atoms with Crippen LogP contribution in [0.5, 0.6) is 5.75 Å². The summed E-state index contributed by atoms with van der Waals surface area (Å²) in [6.45, 7) is 0.640. The molecule has 0 saturated heterocycles. The van der Waals surface area contributed by atoms with Crippen molar-refractivity contribution in [1.29, 1.82) is 0 Å². The van der Waals surface area contributed by atoms with E-state index in [4.69, 9.17) is 0 Å². The van der Waals surface area contributed by atoms with E-state index in [-0.39, 0.29) is 24.4 Å². The van der Waals surface area contributed by atoms with Gasteiger partial charge in [0, 0.05) is 18.0 Å². The van der Waals surface area contributed by atoms with Crippen LogP contribution in [-0.4, -0.2) is 37.9 Å². The van der Waals surface area contributed by atoms with Crippen LogP contribution < -0.4 is 15.4 Å².